The van der Waals surface area contributed by atoms with Crippen LogP contribution in [0.2, 0.25) is 0 Å². The molecule has 42 heavy (non-hydrogen) atoms. The van der Waals surface area contributed by atoms with Gasteiger partial charge in [0.15, 0.2) is 0 Å². The Morgan fingerprint density at radius 2 is 1.52 bits per heavy atom. The van der Waals surface area contributed by atoms with E-state index in [1.807, 2.05) is 42.5 Å². The highest BCUT2D eigenvalue weighted by molar-refractivity contribution is 6.05. The van der Waals surface area contributed by atoms with Gasteiger partial charge in [-0.2, -0.15) is 5.26 Å². The predicted octanol–water partition coefficient (Wildman–Crippen LogP) is 8.77. The molecule has 4 aromatic carbocycles. The summed E-state index contributed by atoms with van der Waals surface area (Å²) in [4.78, 5) is 7.75. The van der Waals surface area contributed by atoms with Crippen molar-refractivity contribution in [1.29, 1.82) is 5.26 Å². The molecule has 3 unspecified atom stereocenters. The lowest BCUT2D eigenvalue weighted by atomic mass is 9.79. The maximum absolute atomic E-state index is 10.6. The fraction of sp³-hybridized carbons (Fsp3) is 0.158. The van der Waals surface area contributed by atoms with Crippen LogP contribution in [-0.4, -0.2) is 17.8 Å². The van der Waals surface area contributed by atoms with Crippen LogP contribution in [0, 0.1) is 17.2 Å². The number of anilines is 1. The first-order valence-corrected chi connectivity index (χ1v) is 14.6. The molecule has 4 aromatic rings. The number of benzene rings is 4. The third kappa shape index (κ3) is 4.26. The van der Waals surface area contributed by atoms with Crippen LogP contribution in [-0.2, 0) is 0 Å². The fourth-order valence-electron chi connectivity index (χ4n) is 6.64. The number of nitrogens with zero attached hydrogens (tertiary/aromatic N) is 3. The largest absolute Gasteiger partial charge is 0.371 e. The molecule has 204 valence electrons. The normalized spacial score (nSPS) is 21.0. The first-order chi connectivity index (χ1) is 20.7. The van der Waals surface area contributed by atoms with Gasteiger partial charge in [-0.1, -0.05) is 128 Å². The summed E-state index contributed by atoms with van der Waals surface area (Å²) < 4.78 is 0. The van der Waals surface area contributed by atoms with E-state index in [9.17, 15) is 5.26 Å². The Labute approximate surface area is 247 Å². The number of nitrogens with one attached hydrogen (secondary N) is 1. The number of fused-ring (bicyclic) bond motifs is 3. The molecule has 0 saturated heterocycles. The molecule has 4 nitrogen and oxygen atoms in total. The van der Waals surface area contributed by atoms with Gasteiger partial charge in [0.05, 0.1) is 35.1 Å². The molecule has 0 radical (unpaired) electrons. The summed E-state index contributed by atoms with van der Waals surface area (Å²) in [5, 5.41) is 14.4. The van der Waals surface area contributed by atoms with Crippen LogP contribution in [0.25, 0.3) is 5.57 Å². The molecule has 0 amide bonds. The molecule has 1 aliphatic carbocycles. The molecule has 0 saturated carbocycles. The van der Waals surface area contributed by atoms with Crippen LogP contribution in [0.1, 0.15) is 53.2 Å². The molecule has 2 aliphatic heterocycles. The highest BCUT2D eigenvalue weighted by Gasteiger charge is 2.38. The number of likely N-dealkylation sites (N-methyl/N-ethyl adjacent to an activating group) is 1. The molecular formula is C38H32N4. The fourth-order valence-corrected chi connectivity index (χ4v) is 6.64. The van der Waals surface area contributed by atoms with Crippen molar-refractivity contribution < 1.29 is 0 Å². The van der Waals surface area contributed by atoms with E-state index in [2.05, 4.69) is 109 Å². The highest BCUT2D eigenvalue weighted by atomic mass is 15.2. The minimum atomic E-state index is -0.297. The van der Waals surface area contributed by atoms with Crippen molar-refractivity contribution in [3.05, 3.63) is 160 Å². The number of amidine groups is 1. The molecule has 2 heterocycles. The van der Waals surface area contributed by atoms with Gasteiger partial charge in [0, 0.05) is 29.3 Å². The Bertz CT molecular complexity index is 1810. The van der Waals surface area contributed by atoms with Crippen molar-refractivity contribution >= 4 is 22.8 Å². The van der Waals surface area contributed by atoms with Crippen molar-refractivity contribution in [2.24, 2.45) is 10.9 Å². The first-order valence-electron chi connectivity index (χ1n) is 14.6. The first kappa shape index (κ1) is 25.8. The van der Waals surface area contributed by atoms with Gasteiger partial charge in [0.25, 0.3) is 0 Å². The molecule has 0 aromatic heterocycles. The smallest absolute Gasteiger partial charge is 0.137 e. The van der Waals surface area contributed by atoms with Crippen molar-refractivity contribution in [2.75, 3.05) is 12.4 Å². The lowest BCUT2D eigenvalue weighted by molar-refractivity contribution is 0.385. The Hall–Kier alpha value is -5.14. The van der Waals surface area contributed by atoms with Crippen LogP contribution in [0.15, 0.2) is 137 Å². The maximum Gasteiger partial charge on any atom is 0.137 e. The van der Waals surface area contributed by atoms with Crippen molar-refractivity contribution in [3.63, 3.8) is 0 Å². The molecule has 0 bridgehead atoms. The van der Waals surface area contributed by atoms with Gasteiger partial charge in [-0.05, 0) is 29.0 Å². The summed E-state index contributed by atoms with van der Waals surface area (Å²) in [6.45, 7) is 2.31. The second-order valence-electron chi connectivity index (χ2n) is 11.2. The number of allylic oxidation sites excluding steroid dienone is 3. The van der Waals surface area contributed by atoms with E-state index in [1.165, 1.54) is 11.1 Å². The zero-order valence-corrected chi connectivity index (χ0v) is 23.8. The van der Waals surface area contributed by atoms with Gasteiger partial charge in [0.1, 0.15) is 5.84 Å². The summed E-state index contributed by atoms with van der Waals surface area (Å²) in [6.07, 6.45) is 7.75. The lowest BCUT2D eigenvalue weighted by Gasteiger charge is -2.41. The SMILES string of the molecule is CC1CC=CC=C1C1c2ccc3c(c2N=C(c2ccccc2)N1C)NC(c1ccccc1)C(C#N)=C3c1ccccc1. The van der Waals surface area contributed by atoms with E-state index in [4.69, 9.17) is 4.99 Å². The summed E-state index contributed by atoms with van der Waals surface area (Å²) >= 11 is 0. The summed E-state index contributed by atoms with van der Waals surface area (Å²) in [5.74, 6) is 1.36. The number of hydrogen-bond donors (Lipinski definition) is 1. The Morgan fingerprint density at radius 3 is 2.19 bits per heavy atom. The number of nitriles is 1. The average molecular weight is 545 g/mol. The van der Waals surface area contributed by atoms with Gasteiger partial charge in [-0.15, -0.1) is 0 Å². The van der Waals surface area contributed by atoms with Gasteiger partial charge < -0.3 is 10.2 Å². The van der Waals surface area contributed by atoms with Gasteiger partial charge in [-0.25, -0.2) is 4.99 Å². The third-order valence-electron chi connectivity index (χ3n) is 8.71. The van der Waals surface area contributed by atoms with E-state index in [0.29, 0.717) is 11.5 Å². The molecule has 0 spiro atoms. The Kier molecular flexibility index (Phi) is 6.56. The molecule has 4 heteroatoms. The molecule has 3 atom stereocenters. The van der Waals surface area contributed by atoms with E-state index < -0.39 is 0 Å². The Morgan fingerprint density at radius 1 is 0.857 bits per heavy atom. The van der Waals surface area contributed by atoms with Gasteiger partial charge in [-0.3, -0.25) is 0 Å². The van der Waals surface area contributed by atoms with E-state index in [0.717, 1.165) is 51.5 Å². The molecular weight excluding hydrogens is 512 g/mol. The van der Waals surface area contributed by atoms with Gasteiger partial charge in [0.2, 0.25) is 0 Å². The molecule has 3 aliphatic rings. The number of hydrogen-bond acceptors (Lipinski definition) is 4. The maximum atomic E-state index is 10.6. The highest BCUT2D eigenvalue weighted by Crippen LogP contribution is 2.52. The second-order valence-corrected chi connectivity index (χ2v) is 11.2. The van der Waals surface area contributed by atoms with Crippen molar-refractivity contribution in [1.82, 2.24) is 4.90 Å². The van der Waals surface area contributed by atoms with Crippen molar-refractivity contribution in [2.45, 2.75) is 25.4 Å². The predicted molar refractivity (Wildman–Crippen MR) is 171 cm³/mol. The summed E-state index contributed by atoms with van der Waals surface area (Å²) in [5.41, 5.74) is 10.3. The van der Waals surface area contributed by atoms with Crippen LogP contribution >= 0.6 is 0 Å². The van der Waals surface area contributed by atoms with E-state index in [1.54, 1.807) is 0 Å². The standard InChI is InChI=1S/C38H32N4/c1-25-14-12-13-21-29(25)37-31-23-22-30-33(26-15-6-3-7-16-26)32(24-39)34(27-17-8-4-9-18-27)40-35(30)36(31)41-38(42(37)2)28-19-10-5-11-20-28/h3-13,15-23,25,34,37,40H,14H2,1-2H3. The summed E-state index contributed by atoms with van der Waals surface area (Å²) in [6, 6.07) is 37.8. The van der Waals surface area contributed by atoms with Crippen LogP contribution in [0.5, 0.6) is 0 Å². The lowest BCUT2D eigenvalue weighted by Crippen LogP contribution is -2.37. The third-order valence-corrected chi connectivity index (χ3v) is 8.71. The van der Waals surface area contributed by atoms with E-state index in [-0.39, 0.29) is 12.1 Å². The van der Waals surface area contributed by atoms with Gasteiger partial charge >= 0.3 is 0 Å². The monoisotopic (exact) mass is 544 g/mol. The number of rotatable bonds is 4. The molecule has 7 rings (SSSR count). The van der Waals surface area contributed by atoms with Crippen LogP contribution in [0.3, 0.4) is 0 Å². The quantitative estimate of drug-likeness (QED) is 0.279. The molecule has 1 N–H and O–H groups in total. The topological polar surface area (TPSA) is 51.4 Å². The van der Waals surface area contributed by atoms with Crippen LogP contribution in [0.4, 0.5) is 11.4 Å². The van der Waals surface area contributed by atoms with E-state index >= 15 is 0 Å². The average Bonchev–Trinajstić information content (AvgIpc) is 3.05. The summed E-state index contributed by atoms with van der Waals surface area (Å²) in [7, 11) is 2.16. The minimum absolute atomic E-state index is 0.0384. The number of aliphatic imine (C=N–C) groups is 1. The zero-order chi connectivity index (χ0) is 28.6. The minimum Gasteiger partial charge on any atom is -0.371 e. The zero-order valence-electron chi connectivity index (χ0n) is 23.8. The second kappa shape index (κ2) is 10.7. The van der Waals surface area contributed by atoms with Crippen molar-refractivity contribution in [3.8, 4) is 6.07 Å². The molecule has 0 fully saturated rings. The Balaban J connectivity index is 1.52. The van der Waals surface area contributed by atoms with Crippen LogP contribution < -0.4 is 5.32 Å².